The minimum atomic E-state index is -0.370. The summed E-state index contributed by atoms with van der Waals surface area (Å²) in [7, 11) is 0. The molecule has 0 unspecified atom stereocenters. The summed E-state index contributed by atoms with van der Waals surface area (Å²) in [6.45, 7) is 6.96. The molecular weight excluding hydrogens is 428 g/mol. The van der Waals surface area contributed by atoms with Gasteiger partial charge in [0, 0.05) is 11.1 Å². The summed E-state index contributed by atoms with van der Waals surface area (Å²) < 4.78 is 17.1. The van der Waals surface area contributed by atoms with Gasteiger partial charge in [0.05, 0.1) is 26.0 Å². The molecule has 0 heterocycles. The fourth-order valence-electron chi connectivity index (χ4n) is 3.93. The Morgan fingerprint density at radius 3 is 1.85 bits per heavy atom. The number of rotatable bonds is 9. The quantitative estimate of drug-likeness (QED) is 0.192. The van der Waals surface area contributed by atoms with Crippen molar-refractivity contribution in [3.8, 4) is 17.2 Å². The van der Waals surface area contributed by atoms with Gasteiger partial charge < -0.3 is 14.2 Å². The lowest BCUT2D eigenvalue weighted by Gasteiger charge is -2.16. The average Bonchev–Trinajstić information content (AvgIpc) is 2.85. The van der Waals surface area contributed by atoms with Crippen molar-refractivity contribution in [3.63, 3.8) is 0 Å². The van der Waals surface area contributed by atoms with Crippen LogP contribution in [0.2, 0.25) is 0 Å². The van der Waals surface area contributed by atoms with Crippen LogP contribution < -0.4 is 19.6 Å². The topological polar surface area (TPSA) is 69.2 Å². The molecule has 174 valence electrons. The predicted molar refractivity (Wildman–Crippen MR) is 136 cm³/mol. The number of hydrogen-bond acceptors (Lipinski definition) is 5. The van der Waals surface area contributed by atoms with Gasteiger partial charge in [0.1, 0.15) is 0 Å². The predicted octanol–water partition coefficient (Wildman–Crippen LogP) is 5.95. The zero-order valence-corrected chi connectivity index (χ0v) is 19.6. The molecule has 1 N–H and O–H groups in total. The highest BCUT2D eigenvalue weighted by Crippen LogP contribution is 2.39. The Bertz CT molecular complexity index is 1270. The fraction of sp³-hybridized carbons (Fsp3) is 0.214. The van der Waals surface area contributed by atoms with Crippen molar-refractivity contribution in [3.05, 3.63) is 77.9 Å². The van der Waals surface area contributed by atoms with E-state index in [0.29, 0.717) is 42.6 Å². The van der Waals surface area contributed by atoms with E-state index in [9.17, 15) is 4.79 Å². The largest absolute Gasteiger partial charge is 0.490 e. The van der Waals surface area contributed by atoms with Crippen LogP contribution in [0.15, 0.2) is 71.8 Å². The van der Waals surface area contributed by atoms with Crippen LogP contribution in [0.5, 0.6) is 17.2 Å². The van der Waals surface area contributed by atoms with Crippen LogP contribution >= 0.6 is 0 Å². The Labute approximate surface area is 199 Å². The zero-order valence-electron chi connectivity index (χ0n) is 19.6. The maximum atomic E-state index is 13.0. The van der Waals surface area contributed by atoms with Gasteiger partial charge in [0.15, 0.2) is 11.5 Å². The van der Waals surface area contributed by atoms with E-state index in [1.807, 2.05) is 45.0 Å². The lowest BCUT2D eigenvalue weighted by molar-refractivity contribution is 0.0954. The summed E-state index contributed by atoms with van der Waals surface area (Å²) in [5.74, 6) is 1.05. The second-order valence-electron chi connectivity index (χ2n) is 7.53. The summed E-state index contributed by atoms with van der Waals surface area (Å²) in [5.41, 5.74) is 3.97. The van der Waals surface area contributed by atoms with E-state index >= 15 is 0 Å². The lowest BCUT2D eigenvalue weighted by Crippen LogP contribution is -2.18. The molecule has 4 rings (SSSR count). The average molecular weight is 457 g/mol. The number of carbonyl (C=O) groups is 1. The molecule has 0 aromatic heterocycles. The van der Waals surface area contributed by atoms with Crippen molar-refractivity contribution in [2.75, 3.05) is 19.8 Å². The van der Waals surface area contributed by atoms with Gasteiger partial charge in [-0.25, -0.2) is 5.43 Å². The monoisotopic (exact) mass is 456 g/mol. The number of amides is 1. The van der Waals surface area contributed by atoms with Gasteiger partial charge in [0.25, 0.3) is 5.91 Å². The van der Waals surface area contributed by atoms with Crippen LogP contribution in [0, 0.1) is 0 Å². The van der Waals surface area contributed by atoms with Crippen molar-refractivity contribution in [2.24, 2.45) is 5.10 Å². The molecule has 6 heteroatoms. The molecule has 0 saturated carbocycles. The molecule has 0 aliphatic carbocycles. The molecule has 0 bridgehead atoms. The number of ether oxygens (including phenoxy) is 3. The molecule has 0 fully saturated rings. The Kier molecular flexibility index (Phi) is 7.28. The fourth-order valence-corrected chi connectivity index (χ4v) is 3.93. The molecule has 0 aliphatic rings. The van der Waals surface area contributed by atoms with Gasteiger partial charge in [-0.15, -0.1) is 0 Å². The highest BCUT2D eigenvalue weighted by molar-refractivity contribution is 6.13. The molecule has 0 atom stereocenters. The van der Waals surface area contributed by atoms with Crippen molar-refractivity contribution in [2.45, 2.75) is 20.8 Å². The van der Waals surface area contributed by atoms with Gasteiger partial charge in [-0.1, -0.05) is 48.5 Å². The van der Waals surface area contributed by atoms with Crippen molar-refractivity contribution < 1.29 is 19.0 Å². The SMILES string of the molecule is CCOc1cc(C(=O)N/N=C/c2c3ccccc3cc3ccccc23)cc(OCC)c1OCC. The van der Waals surface area contributed by atoms with E-state index in [-0.39, 0.29) is 5.91 Å². The number of carbonyl (C=O) groups excluding carboxylic acids is 1. The summed E-state index contributed by atoms with van der Waals surface area (Å²) in [6, 6.07) is 21.7. The molecule has 0 spiro atoms. The highest BCUT2D eigenvalue weighted by Gasteiger charge is 2.18. The summed E-state index contributed by atoms with van der Waals surface area (Å²) in [4.78, 5) is 13.0. The number of hydrogen-bond donors (Lipinski definition) is 1. The van der Waals surface area contributed by atoms with Crippen LogP contribution in [0.4, 0.5) is 0 Å². The van der Waals surface area contributed by atoms with Crippen LogP contribution in [0.25, 0.3) is 21.5 Å². The molecule has 0 aliphatic heterocycles. The third-order valence-electron chi connectivity index (χ3n) is 5.34. The van der Waals surface area contributed by atoms with Crippen LogP contribution in [0.1, 0.15) is 36.7 Å². The number of fused-ring (bicyclic) bond motifs is 2. The number of hydrazone groups is 1. The third-order valence-corrected chi connectivity index (χ3v) is 5.34. The van der Waals surface area contributed by atoms with Gasteiger partial charge in [-0.05, 0) is 60.5 Å². The van der Waals surface area contributed by atoms with Crippen molar-refractivity contribution in [1.82, 2.24) is 5.43 Å². The molecule has 1 amide bonds. The lowest BCUT2D eigenvalue weighted by atomic mass is 9.97. The Hall–Kier alpha value is -4.06. The van der Waals surface area contributed by atoms with E-state index in [2.05, 4.69) is 40.9 Å². The number of benzene rings is 4. The van der Waals surface area contributed by atoms with Crippen LogP contribution in [0.3, 0.4) is 0 Å². The molecule has 6 nitrogen and oxygen atoms in total. The first kappa shape index (κ1) is 23.1. The molecule has 34 heavy (non-hydrogen) atoms. The van der Waals surface area contributed by atoms with Crippen molar-refractivity contribution >= 4 is 33.7 Å². The second-order valence-corrected chi connectivity index (χ2v) is 7.53. The smallest absolute Gasteiger partial charge is 0.271 e. The first-order valence-electron chi connectivity index (χ1n) is 11.5. The third kappa shape index (κ3) is 4.81. The van der Waals surface area contributed by atoms with Crippen LogP contribution in [-0.4, -0.2) is 31.9 Å². The number of nitrogens with zero attached hydrogens (tertiary/aromatic N) is 1. The van der Waals surface area contributed by atoms with E-state index in [4.69, 9.17) is 14.2 Å². The highest BCUT2D eigenvalue weighted by atomic mass is 16.5. The molecule has 0 radical (unpaired) electrons. The van der Waals surface area contributed by atoms with Gasteiger partial charge in [0.2, 0.25) is 5.75 Å². The van der Waals surface area contributed by atoms with Crippen molar-refractivity contribution in [1.29, 1.82) is 0 Å². The van der Waals surface area contributed by atoms with E-state index in [1.54, 1.807) is 18.3 Å². The van der Waals surface area contributed by atoms with Gasteiger partial charge in [-0.3, -0.25) is 4.79 Å². The first-order chi connectivity index (χ1) is 16.7. The molecule has 0 saturated heterocycles. The second kappa shape index (κ2) is 10.7. The maximum Gasteiger partial charge on any atom is 0.271 e. The molecule has 4 aromatic carbocycles. The Morgan fingerprint density at radius 2 is 1.32 bits per heavy atom. The van der Waals surface area contributed by atoms with E-state index in [0.717, 1.165) is 27.1 Å². The van der Waals surface area contributed by atoms with Gasteiger partial charge >= 0.3 is 0 Å². The standard InChI is InChI=1S/C28H28N2O4/c1-4-32-25-16-21(17-26(33-5-2)27(25)34-6-3)28(31)30-29-18-24-22-13-9-7-11-19(22)15-20-12-8-10-14-23(20)24/h7-18H,4-6H2,1-3H3,(H,30,31)/b29-18+. The summed E-state index contributed by atoms with van der Waals surface area (Å²) in [5, 5.41) is 8.65. The normalized spacial score (nSPS) is 11.1. The Balaban J connectivity index is 1.66. The van der Waals surface area contributed by atoms with Gasteiger partial charge in [-0.2, -0.15) is 5.10 Å². The maximum absolute atomic E-state index is 13.0. The van der Waals surface area contributed by atoms with E-state index in [1.165, 1.54) is 0 Å². The molecular formula is C28H28N2O4. The first-order valence-corrected chi connectivity index (χ1v) is 11.5. The Morgan fingerprint density at radius 1 is 0.794 bits per heavy atom. The summed E-state index contributed by atoms with van der Waals surface area (Å²) >= 11 is 0. The summed E-state index contributed by atoms with van der Waals surface area (Å²) in [6.07, 6.45) is 1.70. The molecule has 4 aromatic rings. The van der Waals surface area contributed by atoms with E-state index < -0.39 is 0 Å². The minimum absolute atomic E-state index is 0.370. The van der Waals surface area contributed by atoms with Crippen LogP contribution in [-0.2, 0) is 0 Å². The zero-order chi connectivity index (χ0) is 23.9. The minimum Gasteiger partial charge on any atom is -0.490 e. The number of nitrogens with one attached hydrogen (secondary N) is 1.